The van der Waals surface area contributed by atoms with E-state index in [1.165, 1.54) is 12.1 Å². The SMILES string of the molecule is CC(C)C(NC(=O)C(CS)NC(=O)C(Cc1ccc(O)cc1)NC(=O)C(N)CCCN=C(N)N)C(=O)O. The normalized spacial score (nSPS) is 14.1. The number of guanidine groups is 1. The van der Waals surface area contributed by atoms with Crippen LogP contribution in [0.4, 0.5) is 0 Å². The molecule has 0 fully saturated rings. The summed E-state index contributed by atoms with van der Waals surface area (Å²) in [6.07, 6.45) is 0.719. The molecule has 11 N–H and O–H groups in total. The molecule has 4 atom stereocenters. The Hall–Kier alpha value is -3.52. The molecule has 0 heterocycles. The van der Waals surface area contributed by atoms with Crippen LogP contribution in [0.5, 0.6) is 5.75 Å². The van der Waals surface area contributed by atoms with E-state index in [-0.39, 0.29) is 36.8 Å². The van der Waals surface area contributed by atoms with Crippen molar-refractivity contribution in [2.45, 2.75) is 57.3 Å². The van der Waals surface area contributed by atoms with Crippen molar-refractivity contribution in [2.75, 3.05) is 12.3 Å². The molecule has 0 saturated carbocycles. The van der Waals surface area contributed by atoms with Gasteiger partial charge in [0.15, 0.2) is 5.96 Å². The van der Waals surface area contributed by atoms with Crippen LogP contribution in [0.1, 0.15) is 32.3 Å². The summed E-state index contributed by atoms with van der Waals surface area (Å²) >= 11 is 4.11. The van der Waals surface area contributed by atoms with E-state index in [0.29, 0.717) is 12.0 Å². The van der Waals surface area contributed by atoms with Crippen LogP contribution in [0.25, 0.3) is 0 Å². The second kappa shape index (κ2) is 15.6. The maximum atomic E-state index is 13.1. The van der Waals surface area contributed by atoms with Gasteiger partial charge in [-0.3, -0.25) is 19.4 Å². The Bertz CT molecular complexity index is 953. The van der Waals surface area contributed by atoms with Gasteiger partial charge in [0.1, 0.15) is 23.9 Å². The molecule has 0 radical (unpaired) electrons. The highest BCUT2D eigenvalue weighted by Crippen LogP contribution is 2.12. The number of carbonyl (C=O) groups is 4. The van der Waals surface area contributed by atoms with E-state index in [4.69, 9.17) is 17.2 Å². The number of benzene rings is 1. The van der Waals surface area contributed by atoms with Gasteiger partial charge < -0.3 is 43.4 Å². The van der Waals surface area contributed by atoms with Gasteiger partial charge in [-0.2, -0.15) is 12.6 Å². The van der Waals surface area contributed by atoms with Gasteiger partial charge in [0, 0.05) is 18.7 Å². The fourth-order valence-electron chi connectivity index (χ4n) is 3.24. The standard InChI is InChI=1S/C23H37N7O6S/c1-12(2)18(22(35)36)30-21(34)17(11-37)29-20(33)16(10-13-5-7-14(31)8-6-13)28-19(32)15(24)4-3-9-27-23(25)26/h5-8,12,15-18,31,37H,3-4,9-11,24H2,1-2H3,(H,28,32)(H,29,33)(H,30,34)(H,35,36)(H4,25,26,27). The first-order chi connectivity index (χ1) is 17.3. The minimum absolute atomic E-state index is 0.0292. The summed E-state index contributed by atoms with van der Waals surface area (Å²) < 4.78 is 0. The molecular weight excluding hydrogens is 502 g/mol. The molecule has 0 aliphatic heterocycles. The van der Waals surface area contributed by atoms with Crippen LogP contribution < -0.4 is 33.2 Å². The smallest absolute Gasteiger partial charge is 0.326 e. The predicted octanol–water partition coefficient (Wildman–Crippen LogP) is -1.56. The Kier molecular flexibility index (Phi) is 13.3. The highest BCUT2D eigenvalue weighted by molar-refractivity contribution is 7.80. The van der Waals surface area contributed by atoms with Crippen LogP contribution in [0.15, 0.2) is 29.3 Å². The maximum absolute atomic E-state index is 13.1. The summed E-state index contributed by atoms with van der Waals surface area (Å²) in [7, 11) is 0. The molecule has 1 aromatic rings. The second-order valence-corrected chi connectivity index (χ2v) is 9.16. The highest BCUT2D eigenvalue weighted by atomic mass is 32.1. The van der Waals surface area contributed by atoms with Gasteiger partial charge in [0.05, 0.1) is 6.04 Å². The number of carboxylic acids is 1. The third kappa shape index (κ3) is 11.4. The van der Waals surface area contributed by atoms with Crippen LogP contribution in [-0.4, -0.2) is 76.3 Å². The number of phenols is 1. The zero-order valence-corrected chi connectivity index (χ0v) is 21.8. The molecule has 0 bridgehead atoms. The van der Waals surface area contributed by atoms with Gasteiger partial charge in [-0.05, 0) is 36.5 Å². The first-order valence-electron chi connectivity index (χ1n) is 11.7. The second-order valence-electron chi connectivity index (χ2n) is 8.80. The summed E-state index contributed by atoms with van der Waals surface area (Å²) in [5.74, 6) is -3.79. The van der Waals surface area contributed by atoms with E-state index in [1.54, 1.807) is 26.0 Å². The zero-order valence-electron chi connectivity index (χ0n) is 20.9. The van der Waals surface area contributed by atoms with Crippen LogP contribution in [0.2, 0.25) is 0 Å². The Morgan fingerprint density at radius 3 is 2.05 bits per heavy atom. The molecular formula is C23H37N7O6S. The van der Waals surface area contributed by atoms with Crippen LogP contribution >= 0.6 is 12.6 Å². The van der Waals surface area contributed by atoms with Crippen molar-refractivity contribution in [3.8, 4) is 5.75 Å². The van der Waals surface area contributed by atoms with Crippen molar-refractivity contribution in [1.82, 2.24) is 16.0 Å². The van der Waals surface area contributed by atoms with E-state index in [2.05, 4.69) is 33.6 Å². The Labute approximate surface area is 221 Å². The number of nitrogens with zero attached hydrogens (tertiary/aromatic N) is 1. The van der Waals surface area contributed by atoms with Gasteiger partial charge in [-0.25, -0.2) is 4.79 Å². The average Bonchev–Trinajstić information content (AvgIpc) is 2.83. The van der Waals surface area contributed by atoms with Crippen molar-refractivity contribution in [3.63, 3.8) is 0 Å². The summed E-state index contributed by atoms with van der Waals surface area (Å²) in [5.41, 5.74) is 17.1. The minimum atomic E-state index is -1.21. The Morgan fingerprint density at radius 1 is 0.973 bits per heavy atom. The first-order valence-corrected chi connectivity index (χ1v) is 12.3. The summed E-state index contributed by atoms with van der Waals surface area (Å²) in [5, 5.41) is 26.4. The van der Waals surface area contributed by atoms with E-state index in [0.717, 1.165) is 0 Å². The van der Waals surface area contributed by atoms with Gasteiger partial charge in [0.25, 0.3) is 0 Å². The van der Waals surface area contributed by atoms with Gasteiger partial charge in [0.2, 0.25) is 17.7 Å². The summed E-state index contributed by atoms with van der Waals surface area (Å²) in [6, 6.07) is 1.64. The molecule has 37 heavy (non-hydrogen) atoms. The number of carbonyl (C=O) groups excluding carboxylic acids is 3. The lowest BCUT2D eigenvalue weighted by atomic mass is 10.0. The van der Waals surface area contributed by atoms with Crippen molar-refractivity contribution in [2.24, 2.45) is 28.1 Å². The van der Waals surface area contributed by atoms with E-state index >= 15 is 0 Å². The quantitative estimate of drug-likeness (QED) is 0.0541. The third-order valence-corrected chi connectivity index (χ3v) is 5.72. The Balaban J connectivity index is 2.98. The number of carboxylic acid groups (broad SMARTS) is 1. The fourth-order valence-corrected chi connectivity index (χ4v) is 3.50. The first kappa shape index (κ1) is 31.5. The number of rotatable bonds is 15. The van der Waals surface area contributed by atoms with Crippen molar-refractivity contribution < 1.29 is 29.4 Å². The lowest BCUT2D eigenvalue weighted by Gasteiger charge is -2.25. The molecule has 13 nitrogen and oxygen atoms in total. The lowest BCUT2D eigenvalue weighted by Crippen LogP contribution is -2.58. The topological polar surface area (TPSA) is 235 Å². The van der Waals surface area contributed by atoms with Crippen molar-refractivity contribution >= 4 is 42.3 Å². The van der Waals surface area contributed by atoms with Crippen LogP contribution in [0.3, 0.4) is 0 Å². The van der Waals surface area contributed by atoms with Crippen molar-refractivity contribution in [1.29, 1.82) is 0 Å². The number of hydrogen-bond acceptors (Lipinski definition) is 8. The van der Waals surface area contributed by atoms with Gasteiger partial charge in [-0.15, -0.1) is 0 Å². The molecule has 3 amide bonds. The number of thiol groups is 1. The molecule has 0 spiro atoms. The monoisotopic (exact) mass is 539 g/mol. The van der Waals surface area contributed by atoms with Crippen molar-refractivity contribution in [3.05, 3.63) is 29.8 Å². The molecule has 0 aliphatic carbocycles. The fraction of sp³-hybridized carbons (Fsp3) is 0.522. The zero-order chi connectivity index (χ0) is 28.1. The molecule has 14 heteroatoms. The third-order valence-electron chi connectivity index (χ3n) is 5.36. The molecule has 4 unspecified atom stereocenters. The molecule has 1 rings (SSSR count). The molecule has 1 aromatic carbocycles. The van der Waals surface area contributed by atoms with Gasteiger partial charge >= 0.3 is 5.97 Å². The lowest BCUT2D eigenvalue weighted by molar-refractivity contribution is -0.143. The van der Waals surface area contributed by atoms with Gasteiger partial charge in [-0.1, -0.05) is 26.0 Å². The maximum Gasteiger partial charge on any atom is 0.326 e. The van der Waals surface area contributed by atoms with E-state index < -0.39 is 53.8 Å². The number of aromatic hydroxyl groups is 1. The number of nitrogens with two attached hydrogens (primary N) is 3. The largest absolute Gasteiger partial charge is 0.508 e. The Morgan fingerprint density at radius 2 is 1.54 bits per heavy atom. The van der Waals surface area contributed by atoms with Crippen LogP contribution in [-0.2, 0) is 25.6 Å². The highest BCUT2D eigenvalue weighted by Gasteiger charge is 2.30. The molecule has 206 valence electrons. The number of phenolic OH excluding ortho intramolecular Hbond substituents is 1. The number of aliphatic carboxylic acids is 1. The van der Waals surface area contributed by atoms with E-state index in [9.17, 15) is 29.4 Å². The molecule has 0 saturated heterocycles. The minimum Gasteiger partial charge on any atom is -0.508 e. The number of aliphatic imine (C=N–C) groups is 1. The average molecular weight is 540 g/mol. The molecule has 0 aromatic heterocycles. The summed E-state index contributed by atoms with van der Waals surface area (Å²) in [6.45, 7) is 3.56. The summed E-state index contributed by atoms with van der Waals surface area (Å²) in [4.78, 5) is 53.8. The number of nitrogens with one attached hydrogen (secondary N) is 3. The number of amides is 3. The number of hydrogen-bond donors (Lipinski definition) is 9. The van der Waals surface area contributed by atoms with Crippen LogP contribution in [0, 0.1) is 5.92 Å². The predicted molar refractivity (Wildman–Crippen MR) is 142 cm³/mol. The van der Waals surface area contributed by atoms with E-state index in [1.807, 2.05) is 0 Å². The molecule has 0 aliphatic rings.